The molecule has 0 radical (unpaired) electrons. The Labute approximate surface area is 76.3 Å². The van der Waals surface area contributed by atoms with E-state index in [0.717, 1.165) is 19.4 Å². The number of terminal acetylenes is 1. The molecule has 0 aliphatic rings. The lowest BCUT2D eigenvalue weighted by atomic mass is 10.1. The normalized spacial score (nSPS) is 12.9. The van der Waals surface area contributed by atoms with Gasteiger partial charge in [0.05, 0.1) is 0 Å². The van der Waals surface area contributed by atoms with Crippen LogP contribution in [0.1, 0.15) is 19.3 Å². The summed E-state index contributed by atoms with van der Waals surface area (Å²) in [4.78, 5) is 2.19. The fraction of sp³-hybridized carbons (Fsp3) is 0.800. The Balaban J connectivity index is 3.47. The lowest BCUT2D eigenvalue weighted by molar-refractivity contribution is 0.359. The fourth-order valence-electron chi connectivity index (χ4n) is 1.10. The summed E-state index contributed by atoms with van der Waals surface area (Å²) in [6, 6.07) is 0.573. The molecule has 2 heteroatoms. The molecule has 0 aromatic rings. The Morgan fingerprint density at radius 1 is 1.42 bits per heavy atom. The van der Waals surface area contributed by atoms with Crippen LogP contribution in [0, 0.1) is 12.3 Å². The summed E-state index contributed by atoms with van der Waals surface area (Å²) in [7, 11) is 6.18. The maximum absolute atomic E-state index is 5.20. The maximum atomic E-state index is 5.20. The van der Waals surface area contributed by atoms with E-state index >= 15 is 0 Å². The molecule has 0 saturated carbocycles. The van der Waals surface area contributed by atoms with E-state index in [4.69, 9.17) is 6.42 Å². The zero-order chi connectivity index (χ0) is 9.40. The average molecular weight is 168 g/mol. The molecule has 1 atom stereocenters. The van der Waals surface area contributed by atoms with E-state index < -0.39 is 0 Å². The van der Waals surface area contributed by atoms with Crippen LogP contribution in [0.2, 0.25) is 0 Å². The summed E-state index contributed by atoms with van der Waals surface area (Å²) in [5, 5.41) is 3.27. The number of rotatable bonds is 6. The fourth-order valence-corrected chi connectivity index (χ4v) is 1.10. The van der Waals surface area contributed by atoms with Crippen LogP contribution in [0.3, 0.4) is 0 Å². The van der Waals surface area contributed by atoms with Crippen LogP contribution >= 0.6 is 0 Å². The molecule has 0 heterocycles. The molecule has 0 amide bonds. The van der Waals surface area contributed by atoms with Crippen LogP contribution in [0.5, 0.6) is 0 Å². The quantitative estimate of drug-likeness (QED) is 0.594. The highest BCUT2D eigenvalue weighted by molar-refractivity contribution is 4.85. The van der Waals surface area contributed by atoms with Crippen molar-refractivity contribution in [3.05, 3.63) is 0 Å². The van der Waals surface area contributed by atoms with Gasteiger partial charge in [0.2, 0.25) is 0 Å². The second kappa shape index (κ2) is 7.15. The summed E-state index contributed by atoms with van der Waals surface area (Å²) in [6.45, 7) is 1.12. The van der Waals surface area contributed by atoms with Gasteiger partial charge < -0.3 is 10.2 Å². The molecule has 0 aliphatic carbocycles. The third kappa shape index (κ3) is 6.21. The minimum absolute atomic E-state index is 0.573. The van der Waals surface area contributed by atoms with Crippen molar-refractivity contribution in [1.82, 2.24) is 10.2 Å². The first-order chi connectivity index (χ1) is 5.70. The van der Waals surface area contributed by atoms with Crippen LogP contribution in [0.25, 0.3) is 0 Å². The SMILES string of the molecule is C#CCCC(CCN(C)C)NC. The number of nitrogens with zero attached hydrogens (tertiary/aromatic N) is 1. The van der Waals surface area contributed by atoms with Crippen molar-refractivity contribution < 1.29 is 0 Å². The first-order valence-electron chi connectivity index (χ1n) is 4.46. The Bertz CT molecular complexity index is 135. The van der Waals surface area contributed by atoms with Crippen LogP contribution < -0.4 is 5.32 Å². The molecule has 1 N–H and O–H groups in total. The van der Waals surface area contributed by atoms with Crippen molar-refractivity contribution in [2.24, 2.45) is 0 Å². The van der Waals surface area contributed by atoms with E-state index in [2.05, 4.69) is 30.2 Å². The van der Waals surface area contributed by atoms with E-state index in [1.54, 1.807) is 0 Å². The maximum Gasteiger partial charge on any atom is 0.0101 e. The predicted octanol–water partition coefficient (Wildman–Crippen LogP) is 0.940. The monoisotopic (exact) mass is 168 g/mol. The van der Waals surface area contributed by atoms with Gasteiger partial charge in [-0.05, 0) is 40.5 Å². The van der Waals surface area contributed by atoms with Gasteiger partial charge in [0, 0.05) is 12.5 Å². The highest BCUT2D eigenvalue weighted by Gasteiger charge is 2.04. The Kier molecular flexibility index (Phi) is 6.84. The summed E-state index contributed by atoms with van der Waals surface area (Å²) in [5.74, 6) is 2.67. The van der Waals surface area contributed by atoms with E-state index in [1.165, 1.54) is 6.42 Å². The van der Waals surface area contributed by atoms with Gasteiger partial charge in [0.25, 0.3) is 0 Å². The third-order valence-corrected chi connectivity index (χ3v) is 1.97. The zero-order valence-corrected chi connectivity index (χ0v) is 8.43. The molecule has 0 fully saturated rings. The second-order valence-electron chi connectivity index (χ2n) is 3.32. The van der Waals surface area contributed by atoms with Gasteiger partial charge in [-0.2, -0.15) is 0 Å². The Morgan fingerprint density at radius 2 is 2.08 bits per heavy atom. The van der Waals surface area contributed by atoms with Crippen molar-refractivity contribution in [3.63, 3.8) is 0 Å². The van der Waals surface area contributed by atoms with Crippen LogP contribution in [-0.2, 0) is 0 Å². The summed E-state index contributed by atoms with van der Waals surface area (Å²) in [6.07, 6.45) is 8.33. The first-order valence-corrected chi connectivity index (χ1v) is 4.46. The largest absolute Gasteiger partial charge is 0.317 e. The van der Waals surface area contributed by atoms with Gasteiger partial charge >= 0.3 is 0 Å². The molecule has 0 bridgehead atoms. The molecular formula is C10H20N2. The zero-order valence-electron chi connectivity index (χ0n) is 8.43. The van der Waals surface area contributed by atoms with Crippen LogP contribution in [0.15, 0.2) is 0 Å². The molecule has 0 spiro atoms. The average Bonchev–Trinajstić information content (AvgIpc) is 2.05. The van der Waals surface area contributed by atoms with Crippen LogP contribution in [0.4, 0.5) is 0 Å². The van der Waals surface area contributed by atoms with E-state index in [1.807, 2.05) is 7.05 Å². The van der Waals surface area contributed by atoms with Gasteiger partial charge in [-0.25, -0.2) is 0 Å². The molecule has 0 saturated heterocycles. The minimum atomic E-state index is 0.573. The topological polar surface area (TPSA) is 15.3 Å². The molecule has 2 nitrogen and oxygen atoms in total. The van der Waals surface area contributed by atoms with Crippen molar-refractivity contribution in [2.75, 3.05) is 27.7 Å². The van der Waals surface area contributed by atoms with E-state index in [-0.39, 0.29) is 0 Å². The highest BCUT2D eigenvalue weighted by atomic mass is 15.1. The van der Waals surface area contributed by atoms with Gasteiger partial charge in [0.1, 0.15) is 0 Å². The smallest absolute Gasteiger partial charge is 0.0101 e. The molecule has 12 heavy (non-hydrogen) atoms. The van der Waals surface area contributed by atoms with Crippen molar-refractivity contribution in [1.29, 1.82) is 0 Å². The van der Waals surface area contributed by atoms with Gasteiger partial charge in [-0.3, -0.25) is 0 Å². The molecule has 0 aromatic carbocycles. The molecule has 0 aliphatic heterocycles. The lowest BCUT2D eigenvalue weighted by Gasteiger charge is -2.17. The Morgan fingerprint density at radius 3 is 2.50 bits per heavy atom. The molecular weight excluding hydrogens is 148 g/mol. The van der Waals surface area contributed by atoms with Gasteiger partial charge in [0.15, 0.2) is 0 Å². The Hall–Kier alpha value is -0.520. The van der Waals surface area contributed by atoms with E-state index in [0.29, 0.717) is 6.04 Å². The summed E-state index contributed by atoms with van der Waals surface area (Å²) < 4.78 is 0. The standard InChI is InChI=1S/C10H20N2/c1-5-6-7-10(11-2)8-9-12(3)4/h1,10-11H,6-9H2,2-4H3. The minimum Gasteiger partial charge on any atom is -0.317 e. The lowest BCUT2D eigenvalue weighted by Crippen LogP contribution is -2.29. The second-order valence-corrected chi connectivity index (χ2v) is 3.32. The van der Waals surface area contributed by atoms with E-state index in [9.17, 15) is 0 Å². The highest BCUT2D eigenvalue weighted by Crippen LogP contribution is 2.00. The van der Waals surface area contributed by atoms with Crippen molar-refractivity contribution >= 4 is 0 Å². The molecule has 70 valence electrons. The van der Waals surface area contributed by atoms with Crippen molar-refractivity contribution in [2.45, 2.75) is 25.3 Å². The van der Waals surface area contributed by atoms with Crippen LogP contribution in [-0.4, -0.2) is 38.6 Å². The molecule has 0 rings (SSSR count). The van der Waals surface area contributed by atoms with Gasteiger partial charge in [-0.15, -0.1) is 12.3 Å². The number of hydrogen-bond donors (Lipinski definition) is 1. The number of nitrogens with one attached hydrogen (secondary N) is 1. The summed E-state index contributed by atoms with van der Waals surface area (Å²) >= 11 is 0. The first kappa shape index (κ1) is 11.5. The van der Waals surface area contributed by atoms with Crippen molar-refractivity contribution in [3.8, 4) is 12.3 Å². The van der Waals surface area contributed by atoms with Gasteiger partial charge in [-0.1, -0.05) is 0 Å². The molecule has 1 unspecified atom stereocenters. The third-order valence-electron chi connectivity index (χ3n) is 1.97. The molecule has 0 aromatic heterocycles. The number of hydrogen-bond acceptors (Lipinski definition) is 2. The summed E-state index contributed by atoms with van der Waals surface area (Å²) in [5.41, 5.74) is 0. The predicted molar refractivity (Wildman–Crippen MR) is 54.1 cm³/mol.